The Balaban J connectivity index is 2.79. The fourth-order valence-electron chi connectivity index (χ4n) is 1.32. The average Bonchev–Trinajstić information content (AvgIpc) is 2.35. The van der Waals surface area contributed by atoms with Crippen molar-refractivity contribution in [3.8, 4) is 17.6 Å². The third-order valence-corrected chi connectivity index (χ3v) is 3.02. The summed E-state index contributed by atoms with van der Waals surface area (Å²) in [5.41, 5.74) is 0.958. The summed E-state index contributed by atoms with van der Waals surface area (Å²) < 4.78 is 11.7. The summed E-state index contributed by atoms with van der Waals surface area (Å²) in [6.07, 6.45) is 1.18. The van der Waals surface area contributed by atoms with E-state index in [-0.39, 0.29) is 0 Å². The highest BCUT2D eigenvalue weighted by Crippen LogP contribution is 2.37. The van der Waals surface area contributed by atoms with Crippen molar-refractivity contribution in [3.63, 3.8) is 0 Å². The van der Waals surface area contributed by atoms with E-state index in [1.165, 1.54) is 0 Å². The first kappa shape index (κ1) is 14.1. The Morgan fingerprint density at radius 2 is 2.24 bits per heavy atom. The Morgan fingerprint density at radius 1 is 1.47 bits per heavy atom. The summed E-state index contributed by atoms with van der Waals surface area (Å²) in [6.45, 7) is 0.489. The number of benzene rings is 1. The van der Waals surface area contributed by atoms with Gasteiger partial charge in [0, 0.05) is 12.3 Å². The van der Waals surface area contributed by atoms with E-state index in [0.717, 1.165) is 10.0 Å². The summed E-state index contributed by atoms with van der Waals surface area (Å²) in [6, 6.07) is 5.82. The minimum Gasteiger partial charge on any atom is -0.493 e. The van der Waals surface area contributed by atoms with Crippen LogP contribution in [0.15, 0.2) is 16.6 Å². The van der Waals surface area contributed by atoms with Gasteiger partial charge in [0.25, 0.3) is 0 Å². The molecule has 1 rings (SSSR count). The number of unbranched alkanes of at least 4 members (excludes halogenated alkanes) is 1. The fraction of sp³-hybridized carbons (Fsp3) is 0.417. The second-order valence-corrected chi connectivity index (χ2v) is 4.47. The lowest BCUT2D eigenvalue weighted by molar-refractivity contribution is 0.289. The predicted molar refractivity (Wildman–Crippen MR) is 70.6 cm³/mol. The maximum Gasteiger partial charge on any atom is 0.175 e. The van der Waals surface area contributed by atoms with Gasteiger partial charge in [0.2, 0.25) is 0 Å². The van der Waals surface area contributed by atoms with Gasteiger partial charge in [0.15, 0.2) is 11.5 Å². The molecule has 0 saturated heterocycles. The van der Waals surface area contributed by atoms with E-state index < -0.39 is 0 Å². The topological polar surface area (TPSA) is 42.2 Å². The Bertz CT molecular complexity index is 418. The fourth-order valence-corrected chi connectivity index (χ4v) is 2.07. The molecule has 0 saturated carbocycles. The van der Waals surface area contributed by atoms with E-state index in [4.69, 9.17) is 26.3 Å². The molecule has 0 atom stereocenters. The molecule has 0 amide bonds. The second kappa shape index (κ2) is 7.41. The van der Waals surface area contributed by atoms with Crippen molar-refractivity contribution >= 4 is 27.5 Å². The van der Waals surface area contributed by atoms with Gasteiger partial charge in [-0.25, -0.2) is 0 Å². The molecule has 1 aromatic rings. The van der Waals surface area contributed by atoms with Crippen molar-refractivity contribution in [2.75, 3.05) is 13.7 Å². The van der Waals surface area contributed by atoms with Crippen LogP contribution in [-0.2, 0) is 5.88 Å². The van der Waals surface area contributed by atoms with Gasteiger partial charge in [-0.1, -0.05) is 0 Å². The molecular weight excluding hydrogens is 305 g/mol. The van der Waals surface area contributed by atoms with Gasteiger partial charge in [-0.3, -0.25) is 0 Å². The minimum atomic E-state index is 0.420. The van der Waals surface area contributed by atoms with Crippen molar-refractivity contribution in [1.29, 1.82) is 5.26 Å². The first-order chi connectivity index (χ1) is 8.22. The van der Waals surface area contributed by atoms with Crippen LogP contribution in [0.3, 0.4) is 0 Å². The number of nitrogens with zero attached hydrogens (tertiary/aromatic N) is 1. The van der Waals surface area contributed by atoms with Gasteiger partial charge < -0.3 is 9.47 Å². The molecule has 0 N–H and O–H groups in total. The van der Waals surface area contributed by atoms with E-state index in [1.54, 1.807) is 7.11 Å². The van der Waals surface area contributed by atoms with Crippen LogP contribution in [0.4, 0.5) is 0 Å². The van der Waals surface area contributed by atoms with E-state index in [1.807, 2.05) is 12.1 Å². The highest BCUT2D eigenvalue weighted by Gasteiger charge is 2.11. The van der Waals surface area contributed by atoms with Crippen LogP contribution in [0.25, 0.3) is 0 Å². The largest absolute Gasteiger partial charge is 0.493 e. The van der Waals surface area contributed by atoms with Crippen molar-refractivity contribution in [2.24, 2.45) is 0 Å². The standard InChI is InChI=1S/C12H13BrClNO2/c1-16-11-7-9(8-14)6-10(13)12(11)17-5-3-2-4-15/h6-7H,2-3,5,8H2,1H3. The molecule has 0 spiro atoms. The Hall–Kier alpha value is -0.920. The van der Waals surface area contributed by atoms with Crippen LogP contribution in [0.5, 0.6) is 11.5 Å². The SMILES string of the molecule is COc1cc(CCl)cc(Br)c1OCCCC#N. The molecule has 0 fully saturated rings. The summed E-state index contributed by atoms with van der Waals surface area (Å²) in [4.78, 5) is 0. The molecule has 0 radical (unpaired) electrons. The molecule has 5 heteroatoms. The van der Waals surface area contributed by atoms with E-state index >= 15 is 0 Å². The average molecular weight is 319 g/mol. The molecule has 1 aromatic carbocycles. The highest BCUT2D eigenvalue weighted by atomic mass is 79.9. The van der Waals surface area contributed by atoms with Gasteiger partial charge in [0.05, 0.1) is 24.3 Å². The summed E-state index contributed by atoms with van der Waals surface area (Å²) in [5.74, 6) is 1.72. The molecule has 0 aliphatic rings. The lowest BCUT2D eigenvalue weighted by Gasteiger charge is -2.13. The van der Waals surface area contributed by atoms with Crippen molar-refractivity contribution in [3.05, 3.63) is 22.2 Å². The van der Waals surface area contributed by atoms with E-state index in [9.17, 15) is 0 Å². The zero-order valence-corrected chi connectivity index (χ0v) is 11.8. The molecule has 0 aliphatic heterocycles. The van der Waals surface area contributed by atoms with Crippen LogP contribution in [0.1, 0.15) is 18.4 Å². The molecular formula is C12H13BrClNO2. The van der Waals surface area contributed by atoms with Gasteiger partial charge >= 0.3 is 0 Å². The van der Waals surface area contributed by atoms with Crippen molar-refractivity contribution in [2.45, 2.75) is 18.7 Å². The highest BCUT2D eigenvalue weighted by molar-refractivity contribution is 9.10. The Kier molecular flexibility index (Phi) is 6.17. The van der Waals surface area contributed by atoms with Crippen LogP contribution in [0, 0.1) is 11.3 Å². The second-order valence-electron chi connectivity index (χ2n) is 3.35. The number of nitriles is 1. The van der Waals surface area contributed by atoms with Crippen LogP contribution in [0.2, 0.25) is 0 Å². The molecule has 0 bridgehead atoms. The van der Waals surface area contributed by atoms with Crippen molar-refractivity contribution < 1.29 is 9.47 Å². The number of alkyl halides is 1. The lowest BCUT2D eigenvalue weighted by atomic mass is 10.2. The predicted octanol–water partition coefficient (Wildman–Crippen LogP) is 3.88. The number of hydrogen-bond donors (Lipinski definition) is 0. The Labute approximate surface area is 114 Å². The number of rotatable bonds is 6. The summed E-state index contributed by atoms with van der Waals surface area (Å²) in [5, 5.41) is 8.43. The zero-order chi connectivity index (χ0) is 12.7. The molecule has 0 aliphatic carbocycles. The monoisotopic (exact) mass is 317 g/mol. The molecule has 0 unspecified atom stereocenters. The van der Waals surface area contributed by atoms with Gasteiger partial charge in [-0.05, 0) is 40.0 Å². The minimum absolute atomic E-state index is 0.420. The van der Waals surface area contributed by atoms with Gasteiger partial charge in [0.1, 0.15) is 0 Å². The van der Waals surface area contributed by atoms with Gasteiger partial charge in [-0.2, -0.15) is 5.26 Å². The third-order valence-electron chi connectivity index (χ3n) is 2.12. The maximum absolute atomic E-state index is 8.43. The molecule has 3 nitrogen and oxygen atoms in total. The first-order valence-electron chi connectivity index (χ1n) is 5.15. The molecule has 92 valence electrons. The maximum atomic E-state index is 8.43. The molecule has 0 aromatic heterocycles. The number of methoxy groups -OCH3 is 1. The Morgan fingerprint density at radius 3 is 2.82 bits per heavy atom. The third kappa shape index (κ3) is 4.10. The smallest absolute Gasteiger partial charge is 0.175 e. The number of hydrogen-bond acceptors (Lipinski definition) is 3. The molecule has 0 heterocycles. The van der Waals surface area contributed by atoms with Gasteiger partial charge in [-0.15, -0.1) is 11.6 Å². The lowest BCUT2D eigenvalue weighted by Crippen LogP contribution is -2.00. The molecule has 17 heavy (non-hydrogen) atoms. The van der Waals surface area contributed by atoms with E-state index in [0.29, 0.717) is 36.8 Å². The summed E-state index contributed by atoms with van der Waals surface area (Å²) in [7, 11) is 1.59. The first-order valence-corrected chi connectivity index (χ1v) is 6.47. The van der Waals surface area contributed by atoms with Crippen LogP contribution in [-0.4, -0.2) is 13.7 Å². The summed E-state index contributed by atoms with van der Waals surface area (Å²) >= 11 is 9.19. The van der Waals surface area contributed by atoms with Crippen LogP contribution < -0.4 is 9.47 Å². The quantitative estimate of drug-likeness (QED) is 0.590. The normalized spacial score (nSPS) is 9.76. The number of halogens is 2. The van der Waals surface area contributed by atoms with E-state index in [2.05, 4.69) is 22.0 Å². The van der Waals surface area contributed by atoms with Crippen molar-refractivity contribution in [1.82, 2.24) is 0 Å². The number of ether oxygens (including phenoxy) is 2. The van der Waals surface area contributed by atoms with Crippen LogP contribution >= 0.6 is 27.5 Å². The zero-order valence-electron chi connectivity index (χ0n) is 9.50.